The number of carbonyl (C=O) groups excluding carboxylic acids is 1. The first-order valence-corrected chi connectivity index (χ1v) is 13.5. The zero-order chi connectivity index (χ0) is 25.9. The van der Waals surface area contributed by atoms with E-state index in [4.69, 9.17) is 4.99 Å². The molecule has 2 aromatic rings. The van der Waals surface area contributed by atoms with Crippen LogP contribution in [0.4, 0.5) is 4.39 Å². The summed E-state index contributed by atoms with van der Waals surface area (Å²) in [5.41, 5.74) is 6.54. The number of benzene rings is 1. The minimum atomic E-state index is -0.246. The summed E-state index contributed by atoms with van der Waals surface area (Å²) in [5, 5.41) is 1.11. The molecule has 0 spiro atoms. The fourth-order valence-electron chi connectivity index (χ4n) is 4.59. The number of fused-ring (bicyclic) bond motifs is 1. The molecule has 36 heavy (non-hydrogen) atoms. The van der Waals surface area contributed by atoms with Gasteiger partial charge in [-0.15, -0.1) is 17.1 Å². The molecule has 3 nitrogen and oxygen atoms in total. The van der Waals surface area contributed by atoms with E-state index in [1.165, 1.54) is 21.5 Å². The Morgan fingerprint density at radius 2 is 2.00 bits per heavy atom. The molecule has 2 aliphatic heterocycles. The third-order valence-corrected chi connectivity index (χ3v) is 8.43. The van der Waals surface area contributed by atoms with Gasteiger partial charge in [0.15, 0.2) is 5.78 Å². The number of rotatable bonds is 5. The summed E-state index contributed by atoms with van der Waals surface area (Å²) in [6.45, 7) is 11.9. The average Bonchev–Trinajstić information content (AvgIpc) is 3.16. The molecule has 0 saturated carbocycles. The van der Waals surface area contributed by atoms with Gasteiger partial charge in [0.05, 0.1) is 4.53 Å². The first kappa shape index (κ1) is 26.1. The Balaban J connectivity index is 1.56. The molecule has 4 rings (SSSR count). The highest BCUT2D eigenvalue weighted by atomic mass is 32.1. The zero-order valence-electron chi connectivity index (χ0n) is 21.9. The van der Waals surface area contributed by atoms with Crippen molar-refractivity contribution in [2.75, 3.05) is 6.54 Å². The van der Waals surface area contributed by atoms with E-state index in [9.17, 15) is 9.18 Å². The highest BCUT2D eigenvalue weighted by Gasteiger charge is 2.25. The van der Waals surface area contributed by atoms with Crippen LogP contribution >= 0.6 is 11.3 Å². The second kappa shape index (κ2) is 10.9. The van der Waals surface area contributed by atoms with Crippen LogP contribution in [0.3, 0.4) is 0 Å². The number of ketones is 1. The lowest BCUT2D eigenvalue weighted by atomic mass is 9.93. The lowest BCUT2D eigenvalue weighted by Gasteiger charge is -2.33. The van der Waals surface area contributed by atoms with Crippen molar-refractivity contribution >= 4 is 34.9 Å². The predicted molar refractivity (Wildman–Crippen MR) is 149 cm³/mol. The number of halogens is 1. The Labute approximate surface area is 217 Å². The maximum atomic E-state index is 13.1. The average molecular weight is 503 g/mol. The van der Waals surface area contributed by atoms with Gasteiger partial charge in [0.2, 0.25) is 0 Å². The molecule has 3 heterocycles. The number of allylic oxidation sites excluding steroid dienone is 4. The maximum absolute atomic E-state index is 13.1. The molecular weight excluding hydrogens is 467 g/mol. The quantitative estimate of drug-likeness (QED) is 0.482. The van der Waals surface area contributed by atoms with Gasteiger partial charge >= 0.3 is 0 Å². The number of aliphatic imine (C=N–C) groups is 1. The van der Waals surface area contributed by atoms with Gasteiger partial charge in [0, 0.05) is 28.9 Å². The van der Waals surface area contributed by atoms with E-state index >= 15 is 0 Å². The summed E-state index contributed by atoms with van der Waals surface area (Å²) in [4.78, 5) is 21.7. The lowest BCUT2D eigenvalue weighted by molar-refractivity contribution is -0.111. The van der Waals surface area contributed by atoms with E-state index in [1.54, 1.807) is 18.2 Å². The molecule has 0 bridgehead atoms. The predicted octanol–water partition coefficient (Wildman–Crippen LogP) is 5.83. The van der Waals surface area contributed by atoms with E-state index < -0.39 is 0 Å². The maximum Gasteiger partial charge on any atom is 0.181 e. The summed E-state index contributed by atoms with van der Waals surface area (Å²) in [6.07, 6.45) is 10.4. The molecule has 188 valence electrons. The lowest BCUT2D eigenvalue weighted by Crippen LogP contribution is -2.38. The third kappa shape index (κ3) is 6.03. The highest BCUT2D eigenvalue weighted by Crippen LogP contribution is 2.28. The molecule has 1 atom stereocenters. The Hall–Kier alpha value is -3.01. The van der Waals surface area contributed by atoms with Crippen molar-refractivity contribution in [2.24, 2.45) is 4.99 Å². The van der Waals surface area contributed by atoms with Crippen LogP contribution in [0.15, 0.2) is 64.7 Å². The zero-order valence-corrected chi connectivity index (χ0v) is 22.7. The van der Waals surface area contributed by atoms with Crippen LogP contribution in [0.25, 0.3) is 11.6 Å². The molecule has 0 amide bonds. The Bertz CT molecular complexity index is 1380. The highest BCUT2D eigenvalue weighted by molar-refractivity contribution is 7.10. The van der Waals surface area contributed by atoms with Crippen LogP contribution in [-0.4, -0.2) is 29.5 Å². The fourth-order valence-corrected chi connectivity index (χ4v) is 5.78. The van der Waals surface area contributed by atoms with E-state index in [0.717, 1.165) is 53.6 Å². The molecule has 5 heteroatoms. The van der Waals surface area contributed by atoms with Crippen LogP contribution < -0.4 is 9.75 Å². The molecule has 0 radical (unpaired) electrons. The SMILES string of the molecule is CC1=C(C(=O)/C=C/Cc2ccc(F)cc2)CCC(C)N(C2=c3sc(C(C)(C)C)cc3=C=CC=N2)CC1. The summed E-state index contributed by atoms with van der Waals surface area (Å²) in [5.74, 6) is 0.856. The molecular formula is C31H35FN2OS. The monoisotopic (exact) mass is 502 g/mol. The fraction of sp³-hybridized carbons (Fsp3) is 0.387. The van der Waals surface area contributed by atoms with E-state index in [-0.39, 0.29) is 23.1 Å². The largest absolute Gasteiger partial charge is 0.352 e. The smallest absolute Gasteiger partial charge is 0.181 e. The van der Waals surface area contributed by atoms with Crippen LogP contribution in [0.1, 0.15) is 64.3 Å². The van der Waals surface area contributed by atoms with Gasteiger partial charge in [-0.3, -0.25) is 4.79 Å². The number of carbonyl (C=O) groups is 1. The molecule has 1 aromatic heterocycles. The van der Waals surface area contributed by atoms with Crippen LogP contribution in [-0.2, 0) is 16.6 Å². The number of hydrogen-bond acceptors (Lipinski definition) is 4. The van der Waals surface area contributed by atoms with Gasteiger partial charge < -0.3 is 4.90 Å². The standard InChI is InChI=1S/C31H35FN2OS/c1-21-17-19-34(30-29-24(9-7-18-33-30)20-28(36-29)31(3,4)5)22(2)11-16-26(21)27(35)10-6-8-23-12-14-25(32)15-13-23/h6-7,10,12-15,18,20,22H,8,11,16-17,19H2,1-5H3/b10-6+,26-21?. The van der Waals surface area contributed by atoms with Crippen molar-refractivity contribution in [2.45, 2.75) is 71.8 Å². The van der Waals surface area contributed by atoms with Crippen molar-refractivity contribution in [1.29, 1.82) is 0 Å². The van der Waals surface area contributed by atoms with Gasteiger partial charge in [0.1, 0.15) is 11.6 Å². The molecule has 0 fully saturated rings. The normalized spacial score (nSPS) is 18.7. The Kier molecular flexibility index (Phi) is 7.92. The summed E-state index contributed by atoms with van der Waals surface area (Å²) in [7, 11) is 0. The summed E-state index contributed by atoms with van der Waals surface area (Å²) >= 11 is 1.81. The Morgan fingerprint density at radius 3 is 2.72 bits per heavy atom. The van der Waals surface area contributed by atoms with Crippen LogP contribution in [0, 0.1) is 5.82 Å². The molecule has 2 aliphatic rings. The van der Waals surface area contributed by atoms with E-state index in [1.807, 2.05) is 29.7 Å². The van der Waals surface area contributed by atoms with Crippen molar-refractivity contribution in [3.8, 4) is 0 Å². The molecule has 0 N–H and O–H groups in total. The van der Waals surface area contributed by atoms with Gasteiger partial charge in [-0.25, -0.2) is 9.38 Å². The van der Waals surface area contributed by atoms with Gasteiger partial charge in [0.25, 0.3) is 0 Å². The van der Waals surface area contributed by atoms with Crippen LogP contribution in [0.2, 0.25) is 0 Å². The van der Waals surface area contributed by atoms with Gasteiger partial charge in [-0.2, -0.15) is 0 Å². The van der Waals surface area contributed by atoms with Crippen molar-refractivity contribution in [3.63, 3.8) is 0 Å². The van der Waals surface area contributed by atoms with Crippen molar-refractivity contribution in [3.05, 3.63) is 85.7 Å². The van der Waals surface area contributed by atoms with Crippen molar-refractivity contribution in [1.82, 2.24) is 4.90 Å². The first-order valence-electron chi connectivity index (χ1n) is 12.7. The third-order valence-electron chi connectivity index (χ3n) is 6.88. The topological polar surface area (TPSA) is 32.7 Å². The molecule has 1 unspecified atom stereocenters. The minimum absolute atomic E-state index is 0.0774. The van der Waals surface area contributed by atoms with E-state index in [0.29, 0.717) is 6.42 Å². The first-order chi connectivity index (χ1) is 17.1. The molecule has 1 aromatic carbocycles. The molecule has 0 aliphatic carbocycles. The van der Waals surface area contributed by atoms with Crippen molar-refractivity contribution < 1.29 is 9.18 Å². The van der Waals surface area contributed by atoms with E-state index in [2.05, 4.69) is 51.3 Å². The van der Waals surface area contributed by atoms with Gasteiger partial charge in [-0.05, 0) is 86.4 Å². The second-order valence-corrected chi connectivity index (χ2v) is 11.8. The molecule has 0 saturated heterocycles. The Morgan fingerprint density at radius 1 is 1.25 bits per heavy atom. The second-order valence-electron chi connectivity index (χ2n) is 10.7. The number of thiophene rings is 1. The van der Waals surface area contributed by atoms with Crippen LogP contribution in [0.5, 0.6) is 0 Å². The number of hydrogen-bond donors (Lipinski definition) is 0. The number of nitrogens with zero attached hydrogens (tertiary/aromatic N) is 2. The minimum Gasteiger partial charge on any atom is -0.352 e. The summed E-state index contributed by atoms with van der Waals surface area (Å²) < 4.78 is 14.3. The van der Waals surface area contributed by atoms with Gasteiger partial charge in [-0.1, -0.05) is 44.6 Å². The summed E-state index contributed by atoms with van der Waals surface area (Å²) in [6, 6.07) is 8.92.